The molecule has 4 nitrogen and oxygen atoms in total. The summed E-state index contributed by atoms with van der Waals surface area (Å²) in [7, 11) is 0. The molecule has 2 heterocycles. The third-order valence-electron chi connectivity index (χ3n) is 9.12. The number of aromatic nitrogens is 4. The molecule has 1 aromatic carbocycles. The summed E-state index contributed by atoms with van der Waals surface area (Å²) >= 11 is 0. The van der Waals surface area contributed by atoms with Crippen LogP contribution in [0.5, 0.6) is 0 Å². The van der Waals surface area contributed by atoms with Crippen LogP contribution in [0, 0.1) is 12.3 Å². The fraction of sp³-hybridized carbons (Fsp3) is 0.562. The van der Waals surface area contributed by atoms with Crippen molar-refractivity contribution in [3.05, 3.63) is 58.8 Å². The number of aryl methyl sites for hydroxylation is 1. The van der Waals surface area contributed by atoms with Crippen LogP contribution in [-0.4, -0.2) is 19.9 Å². The van der Waals surface area contributed by atoms with Crippen molar-refractivity contribution in [2.24, 2.45) is 5.41 Å². The first-order valence-corrected chi connectivity index (χ1v) is 13.2. The van der Waals surface area contributed by atoms with Crippen molar-refractivity contribution in [2.45, 2.75) is 112 Å². The first-order chi connectivity index (χ1) is 16.3. The van der Waals surface area contributed by atoms with Gasteiger partial charge in [0.05, 0.1) is 5.69 Å². The van der Waals surface area contributed by atoms with Gasteiger partial charge in [-0.3, -0.25) is 4.98 Å². The molecule has 0 atom stereocenters. The standard InChI is InChI=1S/C32H44N4/c1-19-16-24(20-14-15-22-23(17-20)31(10,11)32(12,13)30(22,8)9)33-18-21(19)25-34-26(28(2,3)4)36-27(35-25)29(5,6)7/h14-18H,1-13H3. The maximum atomic E-state index is 4.92. The molecule has 0 fully saturated rings. The maximum Gasteiger partial charge on any atom is 0.165 e. The molecule has 0 bridgehead atoms. The third-order valence-corrected chi connectivity index (χ3v) is 9.12. The molecule has 0 amide bonds. The molecular weight excluding hydrogens is 440 g/mol. The molecule has 0 saturated carbocycles. The minimum atomic E-state index is -0.169. The summed E-state index contributed by atoms with van der Waals surface area (Å²) < 4.78 is 0. The van der Waals surface area contributed by atoms with Crippen molar-refractivity contribution in [3.8, 4) is 22.6 Å². The molecule has 4 rings (SSSR count). The smallest absolute Gasteiger partial charge is 0.165 e. The summed E-state index contributed by atoms with van der Waals surface area (Å²) in [5.74, 6) is 2.33. The largest absolute Gasteiger partial charge is 0.255 e. The summed E-state index contributed by atoms with van der Waals surface area (Å²) in [5.41, 5.74) is 7.07. The number of pyridine rings is 1. The van der Waals surface area contributed by atoms with Crippen LogP contribution in [-0.2, 0) is 21.7 Å². The van der Waals surface area contributed by atoms with Gasteiger partial charge < -0.3 is 0 Å². The minimum absolute atomic E-state index is 0.0639. The van der Waals surface area contributed by atoms with Gasteiger partial charge in [-0.15, -0.1) is 0 Å². The van der Waals surface area contributed by atoms with E-state index in [4.69, 9.17) is 19.9 Å². The van der Waals surface area contributed by atoms with Gasteiger partial charge in [0, 0.05) is 28.2 Å². The molecule has 0 aliphatic heterocycles. The topological polar surface area (TPSA) is 51.6 Å². The Morgan fingerprint density at radius 1 is 0.667 bits per heavy atom. The Morgan fingerprint density at radius 2 is 1.19 bits per heavy atom. The summed E-state index contributed by atoms with van der Waals surface area (Å²) in [6, 6.07) is 9.10. The van der Waals surface area contributed by atoms with Crippen molar-refractivity contribution >= 4 is 0 Å². The van der Waals surface area contributed by atoms with E-state index in [0.29, 0.717) is 5.82 Å². The molecule has 1 aliphatic carbocycles. The van der Waals surface area contributed by atoms with Gasteiger partial charge in [0.2, 0.25) is 0 Å². The normalized spacial score (nSPS) is 18.2. The second-order valence-electron chi connectivity index (χ2n) is 14.3. The van der Waals surface area contributed by atoms with Crippen LogP contribution in [0.25, 0.3) is 22.6 Å². The SMILES string of the molecule is Cc1cc(-c2ccc3c(c2)C(C)(C)C(C)(C)C3(C)C)ncc1-c1nc(C(C)(C)C)nc(C(C)(C)C)n1. The average Bonchev–Trinajstić information content (AvgIpc) is 2.86. The van der Waals surface area contributed by atoms with Crippen LogP contribution in [0.15, 0.2) is 30.5 Å². The Hall–Kier alpha value is -2.62. The Balaban J connectivity index is 1.81. The predicted octanol–water partition coefficient (Wildman–Crippen LogP) is 8.10. The first-order valence-electron chi connectivity index (χ1n) is 13.2. The van der Waals surface area contributed by atoms with Crippen LogP contribution in [0.1, 0.15) is 111 Å². The lowest BCUT2D eigenvalue weighted by atomic mass is 9.59. The van der Waals surface area contributed by atoms with Gasteiger partial charge in [0.1, 0.15) is 11.6 Å². The molecule has 3 aromatic rings. The Labute approximate surface area is 218 Å². The van der Waals surface area contributed by atoms with Crippen LogP contribution >= 0.6 is 0 Å². The predicted molar refractivity (Wildman–Crippen MR) is 150 cm³/mol. The van der Waals surface area contributed by atoms with Crippen molar-refractivity contribution in [3.63, 3.8) is 0 Å². The fourth-order valence-electron chi connectivity index (χ4n) is 5.34. The molecule has 2 aromatic heterocycles. The van der Waals surface area contributed by atoms with Gasteiger partial charge in [-0.25, -0.2) is 15.0 Å². The Bertz CT molecular complexity index is 1300. The van der Waals surface area contributed by atoms with E-state index in [2.05, 4.69) is 114 Å². The van der Waals surface area contributed by atoms with Crippen LogP contribution in [0.4, 0.5) is 0 Å². The average molecular weight is 485 g/mol. The van der Waals surface area contributed by atoms with E-state index in [9.17, 15) is 0 Å². The van der Waals surface area contributed by atoms with Crippen LogP contribution in [0.3, 0.4) is 0 Å². The lowest BCUT2D eigenvalue weighted by Crippen LogP contribution is -2.42. The van der Waals surface area contributed by atoms with E-state index in [1.165, 1.54) is 11.1 Å². The molecule has 0 radical (unpaired) electrons. The number of fused-ring (bicyclic) bond motifs is 1. The number of benzene rings is 1. The highest BCUT2D eigenvalue weighted by Gasteiger charge is 2.56. The van der Waals surface area contributed by atoms with Crippen molar-refractivity contribution in [1.82, 2.24) is 19.9 Å². The monoisotopic (exact) mass is 484 g/mol. The summed E-state index contributed by atoms with van der Waals surface area (Å²) in [4.78, 5) is 19.5. The quantitative estimate of drug-likeness (QED) is 0.369. The van der Waals surface area contributed by atoms with Crippen molar-refractivity contribution in [2.75, 3.05) is 0 Å². The van der Waals surface area contributed by atoms with E-state index in [0.717, 1.165) is 34.0 Å². The maximum absolute atomic E-state index is 4.92. The number of hydrogen-bond acceptors (Lipinski definition) is 4. The molecule has 0 N–H and O–H groups in total. The zero-order chi connectivity index (χ0) is 27.1. The zero-order valence-corrected chi connectivity index (χ0v) is 24.7. The van der Waals surface area contributed by atoms with Gasteiger partial charge in [0.15, 0.2) is 5.82 Å². The van der Waals surface area contributed by atoms with Gasteiger partial charge in [0.25, 0.3) is 0 Å². The highest BCUT2D eigenvalue weighted by molar-refractivity contribution is 5.69. The fourth-order valence-corrected chi connectivity index (χ4v) is 5.34. The van der Waals surface area contributed by atoms with Gasteiger partial charge in [-0.1, -0.05) is 95.2 Å². The Kier molecular flexibility index (Phi) is 5.83. The second-order valence-corrected chi connectivity index (χ2v) is 14.3. The van der Waals surface area contributed by atoms with Crippen molar-refractivity contribution in [1.29, 1.82) is 0 Å². The molecule has 0 saturated heterocycles. The highest BCUT2D eigenvalue weighted by atomic mass is 15.1. The van der Waals surface area contributed by atoms with Gasteiger partial charge in [-0.05, 0) is 52.0 Å². The first kappa shape index (κ1) is 26.4. The lowest BCUT2D eigenvalue weighted by molar-refractivity contribution is 0.125. The number of rotatable bonds is 2. The van der Waals surface area contributed by atoms with E-state index < -0.39 is 0 Å². The molecule has 36 heavy (non-hydrogen) atoms. The highest BCUT2D eigenvalue weighted by Crippen LogP contribution is 2.61. The third kappa shape index (κ3) is 3.97. The van der Waals surface area contributed by atoms with Crippen LogP contribution < -0.4 is 0 Å². The van der Waals surface area contributed by atoms with E-state index in [-0.39, 0.29) is 27.1 Å². The zero-order valence-electron chi connectivity index (χ0n) is 24.7. The van der Waals surface area contributed by atoms with Gasteiger partial charge >= 0.3 is 0 Å². The van der Waals surface area contributed by atoms with E-state index in [1.54, 1.807) is 0 Å². The molecule has 192 valence electrons. The molecular formula is C32H44N4. The number of hydrogen-bond donors (Lipinski definition) is 0. The van der Waals surface area contributed by atoms with Crippen LogP contribution in [0.2, 0.25) is 0 Å². The summed E-state index contributed by atoms with van der Waals surface area (Å²) in [6.07, 6.45) is 1.94. The van der Waals surface area contributed by atoms with E-state index >= 15 is 0 Å². The Morgan fingerprint density at radius 3 is 1.69 bits per heavy atom. The molecule has 1 aliphatic rings. The van der Waals surface area contributed by atoms with Crippen molar-refractivity contribution < 1.29 is 0 Å². The summed E-state index contributed by atoms with van der Waals surface area (Å²) in [5, 5.41) is 0. The van der Waals surface area contributed by atoms with Gasteiger partial charge in [-0.2, -0.15) is 0 Å². The molecule has 0 spiro atoms. The molecule has 0 unspecified atom stereocenters. The second kappa shape index (κ2) is 7.94. The van der Waals surface area contributed by atoms with E-state index in [1.807, 2.05) is 6.20 Å². The summed E-state index contributed by atoms with van der Waals surface area (Å²) in [6.45, 7) is 29.3. The minimum Gasteiger partial charge on any atom is -0.255 e. The molecule has 4 heteroatoms. The lowest BCUT2D eigenvalue weighted by Gasteiger charge is -2.44. The number of nitrogens with zero attached hydrogens (tertiary/aromatic N) is 4.